The summed E-state index contributed by atoms with van der Waals surface area (Å²) in [6.45, 7) is 4.02. The number of aromatic amines is 1. The van der Waals surface area contributed by atoms with Gasteiger partial charge in [0.15, 0.2) is 5.65 Å². The van der Waals surface area contributed by atoms with Crippen molar-refractivity contribution in [3.05, 3.63) is 33.4 Å². The molecular weight excluding hydrogens is 238 g/mol. The van der Waals surface area contributed by atoms with Gasteiger partial charge in [-0.15, -0.1) is 0 Å². The van der Waals surface area contributed by atoms with E-state index in [1.807, 2.05) is 19.9 Å². The number of nitrogens with one attached hydrogen (secondary N) is 1. The minimum atomic E-state index is 0.0621. The minimum absolute atomic E-state index is 0.0621. The summed E-state index contributed by atoms with van der Waals surface area (Å²) in [6, 6.07) is 2.02. The molecule has 19 heavy (non-hydrogen) atoms. The zero-order valence-corrected chi connectivity index (χ0v) is 11.7. The zero-order chi connectivity index (χ0) is 13.4. The number of rotatable bonds is 2. The number of H-pyrrole nitrogens is 1. The van der Waals surface area contributed by atoms with Crippen molar-refractivity contribution < 1.29 is 0 Å². The third-order valence-electron chi connectivity index (χ3n) is 4.32. The van der Waals surface area contributed by atoms with E-state index in [1.54, 1.807) is 4.52 Å². The molecule has 4 nitrogen and oxygen atoms in total. The monoisotopic (exact) mass is 259 g/mol. The largest absolute Gasteiger partial charge is 0.276 e. The fourth-order valence-electron chi connectivity index (χ4n) is 3.19. The molecule has 0 aromatic carbocycles. The molecule has 0 saturated heterocycles. The first kappa shape index (κ1) is 12.5. The van der Waals surface area contributed by atoms with Crippen molar-refractivity contribution in [3.63, 3.8) is 0 Å². The van der Waals surface area contributed by atoms with Crippen LogP contribution in [0.4, 0.5) is 0 Å². The van der Waals surface area contributed by atoms with E-state index in [0.29, 0.717) is 5.92 Å². The highest BCUT2D eigenvalue weighted by Gasteiger charge is 2.20. The van der Waals surface area contributed by atoms with E-state index >= 15 is 0 Å². The second-order valence-electron chi connectivity index (χ2n) is 5.60. The summed E-state index contributed by atoms with van der Waals surface area (Å²) >= 11 is 0. The average Bonchev–Trinajstić information content (AvgIpc) is 2.84. The van der Waals surface area contributed by atoms with Gasteiger partial charge in [-0.2, -0.15) is 4.52 Å². The van der Waals surface area contributed by atoms with Gasteiger partial charge in [0.25, 0.3) is 5.56 Å². The van der Waals surface area contributed by atoms with Crippen LogP contribution >= 0.6 is 0 Å². The highest BCUT2D eigenvalue weighted by molar-refractivity contribution is 5.43. The lowest BCUT2D eigenvalue weighted by Gasteiger charge is -2.18. The standard InChI is InChI=1S/C15H21N3O/c1-3-12-10(2)9-13-16-14(17-18(13)15(12)19)11-7-5-4-6-8-11/h9,11H,3-8H2,1-2H3,(H,16,17). The number of nitrogens with zero attached hydrogens (tertiary/aromatic N) is 2. The number of pyridine rings is 1. The second-order valence-corrected chi connectivity index (χ2v) is 5.60. The molecule has 1 N–H and O–H groups in total. The van der Waals surface area contributed by atoms with Gasteiger partial charge in [0.05, 0.1) is 0 Å². The molecule has 0 amide bonds. The fraction of sp³-hybridized carbons (Fsp3) is 0.600. The van der Waals surface area contributed by atoms with Gasteiger partial charge >= 0.3 is 0 Å². The summed E-state index contributed by atoms with van der Waals surface area (Å²) in [5, 5.41) is 3.23. The van der Waals surface area contributed by atoms with Crippen molar-refractivity contribution >= 4 is 5.65 Å². The summed E-state index contributed by atoms with van der Waals surface area (Å²) in [7, 11) is 0. The Morgan fingerprint density at radius 1 is 1.37 bits per heavy atom. The molecule has 0 bridgehead atoms. The number of aromatic nitrogens is 3. The number of hydrogen-bond acceptors (Lipinski definition) is 2. The first-order chi connectivity index (χ1) is 9.20. The molecule has 1 aliphatic rings. The van der Waals surface area contributed by atoms with Crippen LogP contribution < -0.4 is 5.56 Å². The first-order valence-corrected chi connectivity index (χ1v) is 7.32. The lowest BCUT2D eigenvalue weighted by atomic mass is 9.89. The van der Waals surface area contributed by atoms with E-state index < -0.39 is 0 Å². The van der Waals surface area contributed by atoms with Gasteiger partial charge in [0.1, 0.15) is 5.82 Å². The van der Waals surface area contributed by atoms with Gasteiger partial charge in [0, 0.05) is 11.5 Å². The SMILES string of the molecule is CCc1c(C)cc2nc(C3CCCCC3)[nH]n2c1=O. The molecule has 0 aliphatic heterocycles. The molecule has 4 heteroatoms. The van der Waals surface area contributed by atoms with Crippen LogP contribution in [-0.4, -0.2) is 14.6 Å². The van der Waals surface area contributed by atoms with Crippen molar-refractivity contribution in [2.75, 3.05) is 0 Å². The van der Waals surface area contributed by atoms with Gasteiger partial charge < -0.3 is 0 Å². The lowest BCUT2D eigenvalue weighted by Crippen LogP contribution is -2.20. The molecule has 1 fully saturated rings. The van der Waals surface area contributed by atoms with Crippen LogP contribution in [0.1, 0.15) is 61.9 Å². The van der Waals surface area contributed by atoms with Crippen LogP contribution in [0.5, 0.6) is 0 Å². The average molecular weight is 259 g/mol. The summed E-state index contributed by atoms with van der Waals surface area (Å²) in [5.41, 5.74) is 2.76. The maximum absolute atomic E-state index is 12.4. The molecule has 0 atom stereocenters. The second kappa shape index (κ2) is 4.83. The first-order valence-electron chi connectivity index (χ1n) is 7.32. The molecule has 2 heterocycles. The van der Waals surface area contributed by atoms with Crippen molar-refractivity contribution in [3.8, 4) is 0 Å². The van der Waals surface area contributed by atoms with E-state index in [1.165, 1.54) is 32.1 Å². The summed E-state index contributed by atoms with van der Waals surface area (Å²) < 4.78 is 1.62. The molecular formula is C15H21N3O. The highest BCUT2D eigenvalue weighted by Crippen LogP contribution is 2.30. The Morgan fingerprint density at radius 2 is 2.11 bits per heavy atom. The van der Waals surface area contributed by atoms with Crippen LogP contribution in [0.15, 0.2) is 10.9 Å². The molecule has 0 spiro atoms. The molecule has 102 valence electrons. The summed E-state index contributed by atoms with van der Waals surface area (Å²) in [6.07, 6.45) is 7.02. The molecule has 1 saturated carbocycles. The lowest BCUT2D eigenvalue weighted by molar-refractivity contribution is 0.428. The summed E-state index contributed by atoms with van der Waals surface area (Å²) in [5.74, 6) is 1.49. The summed E-state index contributed by atoms with van der Waals surface area (Å²) in [4.78, 5) is 17.0. The van der Waals surface area contributed by atoms with Crippen LogP contribution in [0.25, 0.3) is 5.65 Å². The van der Waals surface area contributed by atoms with Gasteiger partial charge in [0.2, 0.25) is 0 Å². The van der Waals surface area contributed by atoms with Gasteiger partial charge in [-0.05, 0) is 37.8 Å². The Balaban J connectivity index is 2.10. The minimum Gasteiger partial charge on any atom is -0.276 e. The Hall–Kier alpha value is -1.58. The fourth-order valence-corrected chi connectivity index (χ4v) is 3.19. The van der Waals surface area contributed by atoms with Crippen LogP contribution in [0.2, 0.25) is 0 Å². The van der Waals surface area contributed by atoms with E-state index in [4.69, 9.17) is 0 Å². The Bertz CT molecular complexity index is 647. The van der Waals surface area contributed by atoms with E-state index in [2.05, 4.69) is 10.1 Å². The smallest absolute Gasteiger partial charge is 0.274 e. The molecule has 0 radical (unpaired) electrons. The maximum atomic E-state index is 12.4. The maximum Gasteiger partial charge on any atom is 0.274 e. The normalized spacial score (nSPS) is 17.2. The molecule has 0 unspecified atom stereocenters. The number of hydrogen-bond donors (Lipinski definition) is 1. The molecule has 2 aromatic rings. The van der Waals surface area contributed by atoms with Gasteiger partial charge in [-0.25, -0.2) is 4.98 Å². The predicted octanol–water partition coefficient (Wildman–Crippen LogP) is 2.94. The van der Waals surface area contributed by atoms with Gasteiger partial charge in [-0.1, -0.05) is 26.2 Å². The quantitative estimate of drug-likeness (QED) is 0.901. The van der Waals surface area contributed by atoms with Crippen LogP contribution in [-0.2, 0) is 6.42 Å². The molecule has 1 aliphatic carbocycles. The molecule has 2 aromatic heterocycles. The van der Waals surface area contributed by atoms with E-state index in [9.17, 15) is 4.79 Å². The van der Waals surface area contributed by atoms with Crippen molar-refractivity contribution in [1.29, 1.82) is 0 Å². The highest BCUT2D eigenvalue weighted by atomic mass is 16.1. The Labute approximate surface area is 112 Å². The molecule has 3 rings (SSSR count). The number of fused-ring (bicyclic) bond motifs is 1. The van der Waals surface area contributed by atoms with Crippen molar-refractivity contribution in [1.82, 2.24) is 14.6 Å². The van der Waals surface area contributed by atoms with Crippen LogP contribution in [0, 0.1) is 6.92 Å². The third kappa shape index (κ3) is 2.09. The number of aryl methyl sites for hydroxylation is 1. The van der Waals surface area contributed by atoms with E-state index in [-0.39, 0.29) is 5.56 Å². The van der Waals surface area contributed by atoms with E-state index in [0.717, 1.165) is 29.0 Å². The third-order valence-corrected chi connectivity index (χ3v) is 4.32. The Kier molecular flexibility index (Phi) is 3.17. The van der Waals surface area contributed by atoms with Crippen molar-refractivity contribution in [2.45, 2.75) is 58.3 Å². The van der Waals surface area contributed by atoms with Crippen molar-refractivity contribution in [2.24, 2.45) is 0 Å². The van der Waals surface area contributed by atoms with Crippen LogP contribution in [0.3, 0.4) is 0 Å². The Morgan fingerprint density at radius 3 is 2.79 bits per heavy atom. The predicted molar refractivity (Wildman–Crippen MR) is 75.8 cm³/mol. The zero-order valence-electron chi connectivity index (χ0n) is 11.7. The topological polar surface area (TPSA) is 50.2 Å². The van der Waals surface area contributed by atoms with Gasteiger partial charge in [-0.3, -0.25) is 9.89 Å².